The van der Waals surface area contributed by atoms with Gasteiger partial charge in [0.2, 0.25) is 0 Å². The number of hydrogen-bond donors (Lipinski definition) is 0. The van der Waals surface area contributed by atoms with E-state index in [2.05, 4.69) is 0 Å². The van der Waals surface area contributed by atoms with E-state index in [0.717, 1.165) is 11.9 Å². The summed E-state index contributed by atoms with van der Waals surface area (Å²) in [6, 6.07) is 0. The molecule has 0 N–H and O–H groups in total. The van der Waals surface area contributed by atoms with Crippen molar-refractivity contribution in [3.63, 3.8) is 0 Å². The third kappa shape index (κ3) is 5.34. The highest BCUT2D eigenvalue weighted by atomic mass is 16.1. The molecule has 0 radical (unpaired) electrons. The summed E-state index contributed by atoms with van der Waals surface area (Å²) in [5, 5.41) is 0. The van der Waals surface area contributed by atoms with E-state index in [0.29, 0.717) is 0 Å². The molecule has 1 heteroatoms. The predicted octanol–water partition coefficient (Wildman–Crippen LogP) is 2.65. The van der Waals surface area contributed by atoms with Gasteiger partial charge in [-0.2, -0.15) is 0 Å². The molecule has 0 bridgehead atoms. The van der Waals surface area contributed by atoms with Gasteiger partial charge in [0, 0.05) is 0 Å². The molecule has 0 saturated carbocycles. The van der Waals surface area contributed by atoms with Gasteiger partial charge in [-0.25, -0.2) is 0 Å². The van der Waals surface area contributed by atoms with Crippen molar-refractivity contribution in [3.05, 3.63) is 35.5 Å². The lowest BCUT2D eigenvalue weighted by Crippen LogP contribution is -1.72. The molecule has 0 heterocycles. The molecule has 0 aromatic carbocycles. The Kier molecular flexibility index (Phi) is 5.09. The number of allylic oxidation sites excluding steroid dienone is 6. The first-order valence-corrected chi connectivity index (χ1v) is 3.63. The van der Waals surface area contributed by atoms with Crippen molar-refractivity contribution in [2.45, 2.75) is 20.8 Å². The van der Waals surface area contributed by atoms with Crippen molar-refractivity contribution >= 4 is 6.29 Å². The number of rotatable bonds is 3. The fourth-order valence-corrected chi connectivity index (χ4v) is 0.487. The smallest absolute Gasteiger partial charge is 0.145 e. The first-order chi connectivity index (χ1) is 5.20. The molecule has 0 aromatic rings. The monoisotopic (exact) mass is 150 g/mol. The molecule has 0 atom stereocenters. The van der Waals surface area contributed by atoms with Crippen LogP contribution in [-0.2, 0) is 4.79 Å². The van der Waals surface area contributed by atoms with Crippen molar-refractivity contribution in [1.29, 1.82) is 0 Å². The second-order valence-electron chi connectivity index (χ2n) is 2.42. The summed E-state index contributed by atoms with van der Waals surface area (Å²) in [5.41, 5.74) is 1.94. The Labute approximate surface area is 68.1 Å². The van der Waals surface area contributed by atoms with Crippen LogP contribution in [0.4, 0.5) is 0 Å². The lowest BCUT2D eigenvalue weighted by atomic mass is 10.2. The Morgan fingerprint density at radius 2 is 1.82 bits per heavy atom. The van der Waals surface area contributed by atoms with E-state index < -0.39 is 0 Å². The highest BCUT2D eigenvalue weighted by molar-refractivity contribution is 5.72. The van der Waals surface area contributed by atoms with Crippen LogP contribution < -0.4 is 0 Å². The Hall–Kier alpha value is -1.11. The largest absolute Gasteiger partial charge is 0.298 e. The molecule has 0 aliphatic rings. The Morgan fingerprint density at radius 3 is 2.27 bits per heavy atom. The molecule has 0 fully saturated rings. The van der Waals surface area contributed by atoms with Gasteiger partial charge in [0.15, 0.2) is 0 Å². The normalized spacial score (nSPS) is 14.1. The first-order valence-electron chi connectivity index (χ1n) is 3.63. The van der Waals surface area contributed by atoms with Gasteiger partial charge in [0.1, 0.15) is 6.29 Å². The summed E-state index contributed by atoms with van der Waals surface area (Å²) >= 11 is 0. The van der Waals surface area contributed by atoms with Crippen LogP contribution >= 0.6 is 0 Å². The van der Waals surface area contributed by atoms with Gasteiger partial charge in [0.05, 0.1) is 0 Å². The van der Waals surface area contributed by atoms with Crippen molar-refractivity contribution in [3.8, 4) is 0 Å². The van der Waals surface area contributed by atoms with E-state index >= 15 is 0 Å². The summed E-state index contributed by atoms with van der Waals surface area (Å²) in [6.07, 6.45) is 8.49. The van der Waals surface area contributed by atoms with Crippen LogP contribution in [-0.4, -0.2) is 6.29 Å². The number of aldehydes is 1. The molecule has 0 unspecified atom stereocenters. The second kappa shape index (κ2) is 5.66. The van der Waals surface area contributed by atoms with Crippen LogP contribution in [0, 0.1) is 0 Å². The van der Waals surface area contributed by atoms with Crippen LogP contribution in [0.15, 0.2) is 35.5 Å². The topological polar surface area (TPSA) is 17.1 Å². The molecular weight excluding hydrogens is 136 g/mol. The maximum Gasteiger partial charge on any atom is 0.145 e. The van der Waals surface area contributed by atoms with Crippen molar-refractivity contribution in [2.24, 2.45) is 0 Å². The molecule has 0 rings (SSSR count). The molecule has 60 valence electrons. The molecule has 0 aliphatic carbocycles. The average molecular weight is 150 g/mol. The molecular formula is C10H14O. The van der Waals surface area contributed by atoms with E-state index in [1.807, 2.05) is 32.1 Å². The maximum atomic E-state index is 10.1. The molecule has 0 amide bonds. The summed E-state index contributed by atoms with van der Waals surface area (Å²) in [7, 11) is 0. The zero-order chi connectivity index (χ0) is 8.69. The maximum absolute atomic E-state index is 10.1. The number of hydrogen-bond acceptors (Lipinski definition) is 1. The van der Waals surface area contributed by atoms with E-state index in [1.165, 1.54) is 5.57 Å². The summed E-state index contributed by atoms with van der Waals surface area (Å²) in [5.74, 6) is 0. The molecule has 1 nitrogen and oxygen atoms in total. The minimum atomic E-state index is 0.741. The summed E-state index contributed by atoms with van der Waals surface area (Å²) in [4.78, 5) is 10.1. The predicted molar refractivity (Wildman–Crippen MR) is 48.4 cm³/mol. The highest BCUT2D eigenvalue weighted by Gasteiger charge is 1.78. The van der Waals surface area contributed by atoms with Gasteiger partial charge >= 0.3 is 0 Å². The quantitative estimate of drug-likeness (QED) is 0.343. The molecule has 0 aromatic heterocycles. The fourth-order valence-electron chi connectivity index (χ4n) is 0.487. The van der Waals surface area contributed by atoms with E-state index in [1.54, 1.807) is 13.0 Å². The summed E-state index contributed by atoms with van der Waals surface area (Å²) < 4.78 is 0. The van der Waals surface area contributed by atoms with Crippen LogP contribution in [0.2, 0.25) is 0 Å². The number of carbonyl (C=O) groups excluding carboxylic acids is 1. The van der Waals surface area contributed by atoms with Crippen LogP contribution in [0.3, 0.4) is 0 Å². The molecule has 11 heavy (non-hydrogen) atoms. The second-order valence-corrected chi connectivity index (χ2v) is 2.42. The van der Waals surface area contributed by atoms with Crippen LogP contribution in [0.1, 0.15) is 20.8 Å². The van der Waals surface area contributed by atoms with Crippen molar-refractivity contribution < 1.29 is 4.79 Å². The highest BCUT2D eigenvalue weighted by Crippen LogP contribution is 1.95. The van der Waals surface area contributed by atoms with Gasteiger partial charge in [-0.1, -0.05) is 29.9 Å². The fraction of sp³-hybridized carbons (Fsp3) is 0.300. The number of carbonyl (C=O) groups is 1. The Balaban J connectivity index is 4.06. The lowest BCUT2D eigenvalue weighted by Gasteiger charge is -1.85. The van der Waals surface area contributed by atoms with Crippen molar-refractivity contribution in [2.75, 3.05) is 0 Å². The third-order valence-corrected chi connectivity index (χ3v) is 1.36. The minimum absolute atomic E-state index is 0.741. The molecule has 0 saturated heterocycles. The Bertz CT molecular complexity index is 207. The minimum Gasteiger partial charge on any atom is -0.298 e. The van der Waals surface area contributed by atoms with E-state index in [-0.39, 0.29) is 0 Å². The van der Waals surface area contributed by atoms with Gasteiger partial charge in [0.25, 0.3) is 0 Å². The lowest BCUT2D eigenvalue weighted by molar-refractivity contribution is -0.104. The van der Waals surface area contributed by atoms with E-state index in [9.17, 15) is 4.79 Å². The van der Waals surface area contributed by atoms with Crippen molar-refractivity contribution in [1.82, 2.24) is 0 Å². The van der Waals surface area contributed by atoms with Crippen LogP contribution in [0.5, 0.6) is 0 Å². The van der Waals surface area contributed by atoms with Gasteiger partial charge in [-0.05, 0) is 26.3 Å². The SMILES string of the molecule is C\C=C(C)/C=C/C=C(\C)C=O. The zero-order valence-corrected chi connectivity index (χ0v) is 7.29. The standard InChI is InChI=1S/C10H14O/c1-4-9(2)6-5-7-10(3)8-11/h4-8H,1-3H3/b6-5+,9-4-,10-7+. The first kappa shape index (κ1) is 9.89. The zero-order valence-electron chi connectivity index (χ0n) is 7.29. The average Bonchev–Trinajstić information content (AvgIpc) is 2.04. The van der Waals surface area contributed by atoms with Crippen LogP contribution in [0.25, 0.3) is 0 Å². The third-order valence-electron chi connectivity index (χ3n) is 1.36. The molecule has 0 aliphatic heterocycles. The van der Waals surface area contributed by atoms with Gasteiger partial charge in [-0.3, -0.25) is 4.79 Å². The van der Waals surface area contributed by atoms with E-state index in [4.69, 9.17) is 0 Å². The van der Waals surface area contributed by atoms with Gasteiger partial charge in [-0.15, -0.1) is 0 Å². The van der Waals surface area contributed by atoms with Gasteiger partial charge < -0.3 is 0 Å². The Morgan fingerprint density at radius 1 is 1.18 bits per heavy atom. The molecule has 0 spiro atoms. The summed E-state index contributed by atoms with van der Waals surface area (Å²) in [6.45, 7) is 5.78.